The van der Waals surface area contributed by atoms with E-state index in [1.54, 1.807) is 18.2 Å². The maximum atomic E-state index is 10.00. The van der Waals surface area contributed by atoms with Crippen molar-refractivity contribution in [1.82, 2.24) is 10.1 Å². The minimum atomic E-state index is 0.00257. The van der Waals surface area contributed by atoms with Crippen LogP contribution in [0, 0.1) is 5.92 Å². The second-order valence-electron chi connectivity index (χ2n) is 5.84. The Hall–Kier alpha value is -2.04. The van der Waals surface area contributed by atoms with E-state index in [0.717, 1.165) is 24.6 Å². The monoisotopic (exact) mass is 287 g/mol. The zero-order chi connectivity index (χ0) is 14.8. The molecule has 2 unspecified atom stereocenters. The fourth-order valence-electron chi connectivity index (χ4n) is 3.14. The predicted octanol–water partition coefficient (Wildman–Crippen LogP) is 3.71. The van der Waals surface area contributed by atoms with Gasteiger partial charge in [0.2, 0.25) is 0 Å². The van der Waals surface area contributed by atoms with Crippen LogP contribution in [0.2, 0.25) is 0 Å². The minimum Gasteiger partial charge on any atom is -0.505 e. The molecule has 0 bridgehead atoms. The molecule has 0 aliphatic heterocycles. The second-order valence-corrected chi connectivity index (χ2v) is 5.84. The Bertz CT molecular complexity index is 624. The first-order valence-corrected chi connectivity index (χ1v) is 7.60. The highest BCUT2D eigenvalue weighted by Gasteiger charge is 2.26. The summed E-state index contributed by atoms with van der Waals surface area (Å²) in [5, 5.41) is 14.1. The molecule has 0 spiro atoms. The number of aromatic nitrogens is 2. The number of hydrogen-bond acceptors (Lipinski definition) is 5. The van der Waals surface area contributed by atoms with Crippen molar-refractivity contribution in [3.8, 4) is 17.2 Å². The van der Waals surface area contributed by atoms with E-state index in [4.69, 9.17) is 10.3 Å². The fraction of sp³-hybridized carbons (Fsp3) is 0.500. The van der Waals surface area contributed by atoms with E-state index in [9.17, 15) is 5.11 Å². The molecule has 21 heavy (non-hydrogen) atoms. The minimum absolute atomic E-state index is 0.00257. The third-order valence-corrected chi connectivity index (χ3v) is 4.46. The van der Waals surface area contributed by atoms with Gasteiger partial charge >= 0.3 is 0 Å². The molecule has 0 radical (unpaired) electrons. The number of nitrogens with zero attached hydrogens (tertiary/aromatic N) is 2. The Morgan fingerprint density at radius 3 is 3.05 bits per heavy atom. The molecule has 1 fully saturated rings. The first-order valence-electron chi connectivity index (χ1n) is 7.60. The number of phenolic OH excluding ortho intramolecular Hbond substituents is 1. The van der Waals surface area contributed by atoms with Gasteiger partial charge in [0.1, 0.15) is 0 Å². The maximum Gasteiger partial charge on any atom is 0.261 e. The number of aromatic hydroxyl groups is 1. The van der Waals surface area contributed by atoms with Crippen molar-refractivity contribution >= 4 is 5.69 Å². The number of nitrogens with two attached hydrogens (primary N) is 1. The smallest absolute Gasteiger partial charge is 0.261 e. The normalized spacial score (nSPS) is 22.3. The summed E-state index contributed by atoms with van der Waals surface area (Å²) in [6, 6.07) is 5.14. The molecule has 1 aliphatic rings. The molecule has 3 N–H and O–H groups in total. The van der Waals surface area contributed by atoms with E-state index in [1.165, 1.54) is 19.3 Å². The Morgan fingerprint density at radius 2 is 2.24 bits per heavy atom. The first kappa shape index (κ1) is 13.9. The van der Waals surface area contributed by atoms with Crippen LogP contribution < -0.4 is 5.73 Å². The molecule has 5 nitrogen and oxygen atoms in total. The summed E-state index contributed by atoms with van der Waals surface area (Å²) in [4.78, 5) is 4.48. The van der Waals surface area contributed by atoms with Crippen molar-refractivity contribution in [3.05, 3.63) is 24.0 Å². The number of benzene rings is 1. The molecule has 0 saturated heterocycles. The lowest BCUT2D eigenvalue weighted by Crippen LogP contribution is -2.14. The highest BCUT2D eigenvalue weighted by molar-refractivity contribution is 5.71. The Morgan fingerprint density at radius 1 is 1.38 bits per heavy atom. The van der Waals surface area contributed by atoms with Crippen LogP contribution in [0.1, 0.15) is 50.8 Å². The summed E-state index contributed by atoms with van der Waals surface area (Å²) < 4.78 is 5.33. The number of nitrogen functional groups attached to an aromatic ring is 1. The van der Waals surface area contributed by atoms with Gasteiger partial charge in [-0.15, -0.1) is 0 Å². The molecular weight excluding hydrogens is 266 g/mol. The molecule has 1 aromatic carbocycles. The van der Waals surface area contributed by atoms with E-state index in [1.807, 2.05) is 0 Å². The number of para-hydroxylation sites is 1. The van der Waals surface area contributed by atoms with Gasteiger partial charge in [-0.3, -0.25) is 0 Å². The van der Waals surface area contributed by atoms with Crippen LogP contribution >= 0.6 is 0 Å². The molecule has 2 aromatic rings. The summed E-state index contributed by atoms with van der Waals surface area (Å²) in [5.41, 5.74) is 6.52. The van der Waals surface area contributed by atoms with Gasteiger partial charge in [-0.1, -0.05) is 37.4 Å². The van der Waals surface area contributed by atoms with Crippen LogP contribution in [-0.4, -0.2) is 15.2 Å². The summed E-state index contributed by atoms with van der Waals surface area (Å²) in [6.45, 7) is 2.24. The maximum absolute atomic E-state index is 10.00. The zero-order valence-corrected chi connectivity index (χ0v) is 12.2. The van der Waals surface area contributed by atoms with Crippen molar-refractivity contribution in [1.29, 1.82) is 0 Å². The van der Waals surface area contributed by atoms with Gasteiger partial charge in [-0.25, -0.2) is 0 Å². The Labute approximate surface area is 124 Å². The summed E-state index contributed by atoms with van der Waals surface area (Å²) in [5.74, 6) is 2.22. The van der Waals surface area contributed by atoms with Crippen LogP contribution in [0.15, 0.2) is 22.7 Å². The molecule has 112 valence electrons. The largest absolute Gasteiger partial charge is 0.505 e. The van der Waals surface area contributed by atoms with Crippen molar-refractivity contribution in [2.24, 2.45) is 5.92 Å². The average Bonchev–Trinajstić information content (AvgIpc) is 3.00. The van der Waals surface area contributed by atoms with Crippen molar-refractivity contribution in [3.63, 3.8) is 0 Å². The molecule has 3 rings (SSSR count). The van der Waals surface area contributed by atoms with Gasteiger partial charge in [-0.05, 0) is 30.9 Å². The predicted molar refractivity (Wildman–Crippen MR) is 80.8 cm³/mol. The standard InChI is InChI=1S/C16H21N3O2/c1-2-10-5-3-6-11(9-10)15-18-16(21-19-15)12-7-4-8-13(17)14(12)20/h4,7-8,10-11,20H,2-3,5-6,9,17H2,1H3. The highest BCUT2D eigenvalue weighted by atomic mass is 16.5. The lowest BCUT2D eigenvalue weighted by atomic mass is 9.80. The van der Waals surface area contributed by atoms with Gasteiger partial charge in [0.25, 0.3) is 5.89 Å². The number of hydrogen-bond donors (Lipinski definition) is 2. The van der Waals surface area contributed by atoms with E-state index >= 15 is 0 Å². The van der Waals surface area contributed by atoms with Gasteiger partial charge in [-0.2, -0.15) is 4.98 Å². The Balaban J connectivity index is 1.85. The van der Waals surface area contributed by atoms with E-state index in [0.29, 0.717) is 23.1 Å². The molecule has 1 aliphatic carbocycles. The summed E-state index contributed by atoms with van der Waals surface area (Å²) in [6.07, 6.45) is 5.96. The van der Waals surface area contributed by atoms with E-state index in [-0.39, 0.29) is 5.75 Å². The summed E-state index contributed by atoms with van der Waals surface area (Å²) >= 11 is 0. The lowest BCUT2D eigenvalue weighted by molar-refractivity contribution is 0.300. The van der Waals surface area contributed by atoms with Crippen LogP contribution in [0.4, 0.5) is 5.69 Å². The third-order valence-electron chi connectivity index (χ3n) is 4.46. The lowest BCUT2D eigenvalue weighted by Gasteiger charge is -2.26. The number of rotatable bonds is 3. The molecule has 1 aromatic heterocycles. The topological polar surface area (TPSA) is 85.2 Å². The molecule has 1 saturated carbocycles. The third kappa shape index (κ3) is 2.73. The van der Waals surface area contributed by atoms with E-state index < -0.39 is 0 Å². The molecule has 1 heterocycles. The zero-order valence-electron chi connectivity index (χ0n) is 12.2. The highest BCUT2D eigenvalue weighted by Crippen LogP contribution is 2.38. The molecule has 0 amide bonds. The van der Waals surface area contributed by atoms with Crippen LogP contribution in [0.5, 0.6) is 5.75 Å². The fourth-order valence-corrected chi connectivity index (χ4v) is 3.14. The molecular formula is C16H21N3O2. The van der Waals surface area contributed by atoms with Crippen LogP contribution in [-0.2, 0) is 0 Å². The molecule has 2 atom stereocenters. The molecule has 5 heteroatoms. The van der Waals surface area contributed by atoms with Gasteiger partial charge < -0.3 is 15.4 Å². The number of phenols is 1. The second kappa shape index (κ2) is 5.76. The summed E-state index contributed by atoms with van der Waals surface area (Å²) in [7, 11) is 0. The van der Waals surface area contributed by atoms with Crippen LogP contribution in [0.3, 0.4) is 0 Å². The van der Waals surface area contributed by atoms with Gasteiger partial charge in [0, 0.05) is 5.92 Å². The average molecular weight is 287 g/mol. The van der Waals surface area contributed by atoms with Gasteiger partial charge in [0.15, 0.2) is 11.6 Å². The van der Waals surface area contributed by atoms with Gasteiger partial charge in [0.05, 0.1) is 11.3 Å². The Kier molecular flexibility index (Phi) is 3.82. The van der Waals surface area contributed by atoms with Crippen molar-refractivity contribution in [2.75, 3.05) is 5.73 Å². The quantitative estimate of drug-likeness (QED) is 0.664. The number of anilines is 1. The van der Waals surface area contributed by atoms with E-state index in [2.05, 4.69) is 17.1 Å². The van der Waals surface area contributed by atoms with Crippen molar-refractivity contribution < 1.29 is 9.63 Å². The SMILES string of the molecule is CCC1CCCC(c2noc(-c3cccc(N)c3O)n2)C1. The van der Waals surface area contributed by atoms with Crippen molar-refractivity contribution in [2.45, 2.75) is 44.9 Å². The first-order chi connectivity index (χ1) is 10.2. The van der Waals surface area contributed by atoms with Crippen LogP contribution in [0.25, 0.3) is 11.5 Å².